The van der Waals surface area contributed by atoms with E-state index < -0.39 is 0 Å². The molecule has 2 aromatic rings. The van der Waals surface area contributed by atoms with Gasteiger partial charge in [-0.25, -0.2) is 4.98 Å². The van der Waals surface area contributed by atoms with E-state index in [1.165, 1.54) is 0 Å². The summed E-state index contributed by atoms with van der Waals surface area (Å²) in [7, 11) is 0. The topological polar surface area (TPSA) is 64.2 Å². The summed E-state index contributed by atoms with van der Waals surface area (Å²) in [5.41, 5.74) is 6.59. The van der Waals surface area contributed by atoms with E-state index in [9.17, 15) is 4.79 Å². The van der Waals surface area contributed by atoms with E-state index >= 15 is 0 Å². The van der Waals surface area contributed by atoms with E-state index in [1.807, 2.05) is 35.2 Å². The van der Waals surface area contributed by atoms with Gasteiger partial charge in [-0.15, -0.1) is 0 Å². The zero-order valence-electron chi connectivity index (χ0n) is 12.0. The Morgan fingerprint density at radius 3 is 2.71 bits per heavy atom. The molecular formula is C16H20N4O. The third kappa shape index (κ3) is 2.97. The van der Waals surface area contributed by atoms with Crippen LogP contribution in [0.15, 0.2) is 47.5 Å². The van der Waals surface area contributed by atoms with Gasteiger partial charge in [0, 0.05) is 30.7 Å². The van der Waals surface area contributed by atoms with Gasteiger partial charge in [0.25, 0.3) is 5.56 Å². The Labute approximate surface area is 124 Å². The molecule has 0 unspecified atom stereocenters. The Balaban J connectivity index is 2.00. The first kappa shape index (κ1) is 13.8. The quantitative estimate of drug-likeness (QED) is 0.882. The van der Waals surface area contributed by atoms with Crippen molar-refractivity contribution in [2.45, 2.75) is 25.3 Å². The predicted molar refractivity (Wildman–Crippen MR) is 83.9 cm³/mol. The molecule has 2 N–H and O–H groups in total. The lowest BCUT2D eigenvalue weighted by Crippen LogP contribution is -2.31. The van der Waals surface area contributed by atoms with Crippen molar-refractivity contribution < 1.29 is 0 Å². The highest BCUT2D eigenvalue weighted by Gasteiger charge is 2.26. The minimum absolute atomic E-state index is 0.0131. The van der Waals surface area contributed by atoms with Crippen LogP contribution in [-0.4, -0.2) is 22.6 Å². The molecule has 1 aliphatic rings. The van der Waals surface area contributed by atoms with Gasteiger partial charge in [-0.3, -0.25) is 4.79 Å². The molecule has 1 fully saturated rings. The van der Waals surface area contributed by atoms with Crippen molar-refractivity contribution in [1.82, 2.24) is 9.55 Å². The van der Waals surface area contributed by atoms with Crippen LogP contribution in [-0.2, 0) is 0 Å². The molecule has 1 aromatic heterocycles. The summed E-state index contributed by atoms with van der Waals surface area (Å²) < 4.78 is 1.81. The van der Waals surface area contributed by atoms with Crippen LogP contribution in [0.3, 0.4) is 0 Å². The van der Waals surface area contributed by atoms with Crippen LogP contribution in [0.2, 0.25) is 0 Å². The molecule has 3 rings (SSSR count). The van der Waals surface area contributed by atoms with E-state index in [4.69, 9.17) is 5.73 Å². The molecule has 0 atom stereocenters. The van der Waals surface area contributed by atoms with Gasteiger partial charge in [0.05, 0.1) is 0 Å². The summed E-state index contributed by atoms with van der Waals surface area (Å²) in [6.45, 7) is 1.28. The molecule has 110 valence electrons. The molecule has 1 saturated carbocycles. The van der Waals surface area contributed by atoms with E-state index in [2.05, 4.69) is 4.98 Å². The minimum atomic E-state index is -0.0131. The van der Waals surface area contributed by atoms with Gasteiger partial charge in [0.1, 0.15) is 0 Å². The molecule has 1 aromatic carbocycles. The zero-order valence-corrected chi connectivity index (χ0v) is 12.0. The smallest absolute Gasteiger partial charge is 0.294 e. The Kier molecular flexibility index (Phi) is 4.01. The molecule has 1 heterocycles. The average molecular weight is 284 g/mol. The molecule has 21 heavy (non-hydrogen) atoms. The molecular weight excluding hydrogens is 264 g/mol. The SMILES string of the molecule is NCCCN(c1ccccc1)c1nccn(C2CC2)c1=O. The molecule has 5 heteroatoms. The monoisotopic (exact) mass is 284 g/mol. The molecule has 1 aliphatic carbocycles. The number of hydrogen-bond donors (Lipinski definition) is 1. The molecule has 0 bridgehead atoms. The van der Waals surface area contributed by atoms with Gasteiger partial charge in [-0.1, -0.05) is 18.2 Å². The zero-order chi connectivity index (χ0) is 14.7. The van der Waals surface area contributed by atoms with Crippen LogP contribution in [0, 0.1) is 0 Å². The largest absolute Gasteiger partial charge is 0.330 e. The fraction of sp³-hybridized carbons (Fsp3) is 0.375. The maximum Gasteiger partial charge on any atom is 0.294 e. The summed E-state index contributed by atoms with van der Waals surface area (Å²) in [5, 5.41) is 0. The number of nitrogens with two attached hydrogens (primary N) is 1. The second-order valence-electron chi connectivity index (χ2n) is 5.32. The number of benzene rings is 1. The van der Waals surface area contributed by atoms with Crippen molar-refractivity contribution in [3.63, 3.8) is 0 Å². The van der Waals surface area contributed by atoms with Gasteiger partial charge < -0.3 is 15.2 Å². The molecule has 5 nitrogen and oxygen atoms in total. The summed E-state index contributed by atoms with van der Waals surface area (Å²) >= 11 is 0. The van der Waals surface area contributed by atoms with E-state index in [-0.39, 0.29) is 5.56 Å². The fourth-order valence-corrected chi connectivity index (χ4v) is 2.45. The number of nitrogens with zero attached hydrogens (tertiary/aromatic N) is 3. The summed E-state index contributed by atoms with van der Waals surface area (Å²) in [4.78, 5) is 19.0. The standard InChI is InChI=1S/C16H20N4O/c17-9-4-11-19(13-5-2-1-3-6-13)15-16(21)20(12-10-18-15)14-7-8-14/h1-3,5-6,10,12,14H,4,7-9,11,17H2. The first-order valence-electron chi connectivity index (χ1n) is 7.41. The van der Waals surface area contributed by atoms with Crippen molar-refractivity contribution in [2.75, 3.05) is 18.0 Å². The van der Waals surface area contributed by atoms with Crippen molar-refractivity contribution in [2.24, 2.45) is 5.73 Å². The van der Waals surface area contributed by atoms with Crippen LogP contribution in [0.4, 0.5) is 11.5 Å². The normalized spacial score (nSPS) is 14.1. The van der Waals surface area contributed by atoms with Gasteiger partial charge in [0.15, 0.2) is 5.82 Å². The lowest BCUT2D eigenvalue weighted by atomic mass is 10.2. The Morgan fingerprint density at radius 2 is 2.05 bits per heavy atom. The highest BCUT2D eigenvalue weighted by atomic mass is 16.1. The van der Waals surface area contributed by atoms with Crippen LogP contribution >= 0.6 is 0 Å². The first-order chi connectivity index (χ1) is 10.3. The van der Waals surface area contributed by atoms with Gasteiger partial charge in [-0.05, 0) is 37.9 Å². The average Bonchev–Trinajstić information content (AvgIpc) is 3.35. The van der Waals surface area contributed by atoms with Crippen molar-refractivity contribution in [3.8, 4) is 0 Å². The first-order valence-corrected chi connectivity index (χ1v) is 7.41. The fourth-order valence-electron chi connectivity index (χ4n) is 2.45. The van der Waals surface area contributed by atoms with Crippen molar-refractivity contribution in [3.05, 3.63) is 53.1 Å². The highest BCUT2D eigenvalue weighted by molar-refractivity contribution is 5.58. The lowest BCUT2D eigenvalue weighted by molar-refractivity contribution is 0.691. The van der Waals surface area contributed by atoms with Crippen LogP contribution in [0.25, 0.3) is 0 Å². The summed E-state index contributed by atoms with van der Waals surface area (Å²) in [6, 6.07) is 10.2. The third-order valence-electron chi connectivity index (χ3n) is 3.70. The number of para-hydroxylation sites is 1. The second kappa shape index (κ2) is 6.10. The van der Waals surface area contributed by atoms with E-state index in [1.54, 1.807) is 17.0 Å². The number of hydrogen-bond acceptors (Lipinski definition) is 4. The summed E-state index contributed by atoms with van der Waals surface area (Å²) in [5.74, 6) is 0.490. The Morgan fingerprint density at radius 1 is 1.29 bits per heavy atom. The van der Waals surface area contributed by atoms with Gasteiger partial charge in [0.2, 0.25) is 0 Å². The van der Waals surface area contributed by atoms with Crippen molar-refractivity contribution >= 4 is 11.5 Å². The Bertz CT molecular complexity index is 649. The van der Waals surface area contributed by atoms with E-state index in [0.717, 1.165) is 24.9 Å². The van der Waals surface area contributed by atoms with Gasteiger partial charge in [-0.2, -0.15) is 0 Å². The summed E-state index contributed by atoms with van der Waals surface area (Å²) in [6.07, 6.45) is 6.48. The van der Waals surface area contributed by atoms with E-state index in [0.29, 0.717) is 24.9 Å². The van der Waals surface area contributed by atoms with Crippen LogP contribution < -0.4 is 16.2 Å². The van der Waals surface area contributed by atoms with Crippen LogP contribution in [0.1, 0.15) is 25.3 Å². The minimum Gasteiger partial charge on any atom is -0.330 e. The Hall–Kier alpha value is -2.14. The molecule has 0 radical (unpaired) electrons. The third-order valence-corrected chi connectivity index (χ3v) is 3.70. The molecule has 0 spiro atoms. The maximum atomic E-state index is 12.7. The predicted octanol–water partition coefficient (Wildman–Crippen LogP) is 2.07. The molecule has 0 amide bonds. The van der Waals surface area contributed by atoms with Gasteiger partial charge >= 0.3 is 0 Å². The molecule has 0 aliphatic heterocycles. The van der Waals surface area contributed by atoms with Crippen molar-refractivity contribution in [1.29, 1.82) is 0 Å². The maximum absolute atomic E-state index is 12.7. The molecule has 0 saturated heterocycles. The number of anilines is 2. The number of aromatic nitrogens is 2. The lowest BCUT2D eigenvalue weighted by Gasteiger charge is -2.23. The highest BCUT2D eigenvalue weighted by Crippen LogP contribution is 2.33. The second-order valence-corrected chi connectivity index (χ2v) is 5.32. The number of rotatable bonds is 6. The van der Waals surface area contributed by atoms with Crippen LogP contribution in [0.5, 0.6) is 0 Å².